The summed E-state index contributed by atoms with van der Waals surface area (Å²) in [5.74, 6) is 0.112. The number of thioether (sulfide) groups is 1. The maximum Gasteiger partial charge on any atom is 0.387 e. The zero-order chi connectivity index (χ0) is 12.1. The highest BCUT2D eigenvalue weighted by Gasteiger charge is 2.10. The second kappa shape index (κ2) is 5.84. The Labute approximate surface area is 97.0 Å². The number of hydrogen-bond acceptors (Lipinski definition) is 3. The molecule has 0 atom stereocenters. The van der Waals surface area contributed by atoms with E-state index in [1.165, 1.54) is 24.8 Å². The average molecular weight is 246 g/mol. The van der Waals surface area contributed by atoms with Crippen molar-refractivity contribution in [2.75, 3.05) is 6.26 Å². The molecule has 2 nitrogen and oxygen atoms in total. The third kappa shape index (κ3) is 3.81. The van der Waals surface area contributed by atoms with Crippen LogP contribution in [-0.4, -0.2) is 18.7 Å². The minimum Gasteiger partial charge on any atom is -0.434 e. The fourth-order valence-electron chi connectivity index (χ4n) is 1.31. The summed E-state index contributed by atoms with van der Waals surface area (Å²) in [5, 5.41) is 0. The Morgan fingerprint density at radius 1 is 1.50 bits per heavy atom. The van der Waals surface area contributed by atoms with E-state index in [2.05, 4.69) is 4.74 Å². The van der Waals surface area contributed by atoms with Gasteiger partial charge in [-0.3, -0.25) is 4.79 Å². The van der Waals surface area contributed by atoms with Gasteiger partial charge in [-0.05, 0) is 30.9 Å². The standard InChI is InChI=1S/C11H12F2O2S/c1-7(14)5-8-3-4-10(16-2)9(6-8)15-11(12)13/h3-4,6,11H,5H2,1-2H3. The van der Waals surface area contributed by atoms with Gasteiger partial charge >= 0.3 is 6.61 Å². The average Bonchev–Trinajstić information content (AvgIpc) is 2.16. The molecule has 0 saturated heterocycles. The molecule has 88 valence electrons. The molecule has 0 saturated carbocycles. The number of ether oxygens (including phenoxy) is 1. The Kier molecular flexibility index (Phi) is 4.73. The van der Waals surface area contributed by atoms with Crippen molar-refractivity contribution in [3.8, 4) is 5.75 Å². The van der Waals surface area contributed by atoms with E-state index in [1.807, 2.05) is 0 Å². The van der Waals surface area contributed by atoms with Gasteiger partial charge in [0.2, 0.25) is 0 Å². The summed E-state index contributed by atoms with van der Waals surface area (Å²) in [5.41, 5.74) is 0.681. The third-order valence-corrected chi connectivity index (χ3v) is 2.67. The van der Waals surface area contributed by atoms with Gasteiger partial charge in [0, 0.05) is 11.3 Å². The van der Waals surface area contributed by atoms with E-state index >= 15 is 0 Å². The molecule has 0 bridgehead atoms. The normalized spacial score (nSPS) is 10.6. The van der Waals surface area contributed by atoms with E-state index in [9.17, 15) is 13.6 Å². The van der Waals surface area contributed by atoms with Crippen molar-refractivity contribution in [2.45, 2.75) is 24.9 Å². The molecular weight excluding hydrogens is 234 g/mol. The lowest BCUT2D eigenvalue weighted by atomic mass is 10.1. The molecule has 1 aromatic carbocycles. The lowest BCUT2D eigenvalue weighted by molar-refractivity contribution is -0.116. The number of carbonyl (C=O) groups is 1. The van der Waals surface area contributed by atoms with Crippen LogP contribution in [0, 0.1) is 0 Å². The minimum absolute atomic E-state index is 0.0140. The molecule has 1 aromatic rings. The fraction of sp³-hybridized carbons (Fsp3) is 0.364. The first-order valence-electron chi connectivity index (χ1n) is 4.64. The first kappa shape index (κ1) is 13.0. The van der Waals surface area contributed by atoms with Crippen molar-refractivity contribution in [2.24, 2.45) is 0 Å². The number of rotatable bonds is 5. The molecule has 0 N–H and O–H groups in total. The maximum absolute atomic E-state index is 12.1. The van der Waals surface area contributed by atoms with Crippen LogP contribution in [-0.2, 0) is 11.2 Å². The predicted octanol–water partition coefficient (Wildman–Crippen LogP) is 3.14. The predicted molar refractivity (Wildman–Crippen MR) is 59.2 cm³/mol. The highest BCUT2D eigenvalue weighted by molar-refractivity contribution is 7.98. The van der Waals surface area contributed by atoms with E-state index in [1.54, 1.807) is 18.4 Å². The van der Waals surface area contributed by atoms with E-state index in [-0.39, 0.29) is 18.0 Å². The minimum atomic E-state index is -2.85. The summed E-state index contributed by atoms with van der Waals surface area (Å²) in [7, 11) is 0. The van der Waals surface area contributed by atoms with Gasteiger partial charge in [0.1, 0.15) is 11.5 Å². The number of ketones is 1. The van der Waals surface area contributed by atoms with Crippen LogP contribution in [0.15, 0.2) is 23.1 Å². The smallest absolute Gasteiger partial charge is 0.387 e. The number of halogens is 2. The number of carbonyl (C=O) groups excluding carboxylic acids is 1. The van der Waals surface area contributed by atoms with Gasteiger partial charge in [0.15, 0.2) is 0 Å². The van der Waals surface area contributed by atoms with Crippen LogP contribution in [0.5, 0.6) is 5.75 Å². The largest absolute Gasteiger partial charge is 0.434 e. The summed E-state index contributed by atoms with van der Waals surface area (Å²) in [6.45, 7) is -1.39. The summed E-state index contributed by atoms with van der Waals surface area (Å²) >= 11 is 1.32. The second-order valence-electron chi connectivity index (χ2n) is 3.24. The highest BCUT2D eigenvalue weighted by atomic mass is 32.2. The van der Waals surface area contributed by atoms with Crippen LogP contribution in [0.3, 0.4) is 0 Å². The van der Waals surface area contributed by atoms with Crippen molar-refractivity contribution in [3.05, 3.63) is 23.8 Å². The van der Waals surface area contributed by atoms with Crippen LogP contribution in [0.4, 0.5) is 8.78 Å². The quantitative estimate of drug-likeness (QED) is 0.746. The molecule has 0 unspecified atom stereocenters. The molecule has 5 heteroatoms. The van der Waals surface area contributed by atoms with Gasteiger partial charge in [-0.2, -0.15) is 8.78 Å². The molecule has 0 aliphatic rings. The van der Waals surface area contributed by atoms with Crippen molar-refractivity contribution in [1.29, 1.82) is 0 Å². The van der Waals surface area contributed by atoms with Gasteiger partial charge in [-0.1, -0.05) is 6.07 Å². The Morgan fingerprint density at radius 3 is 2.69 bits per heavy atom. The van der Waals surface area contributed by atoms with Crippen LogP contribution < -0.4 is 4.74 Å². The molecule has 0 aliphatic heterocycles. The molecule has 0 fully saturated rings. The highest BCUT2D eigenvalue weighted by Crippen LogP contribution is 2.30. The Hall–Kier alpha value is -1.10. The van der Waals surface area contributed by atoms with E-state index in [0.29, 0.717) is 10.5 Å². The topological polar surface area (TPSA) is 26.3 Å². The van der Waals surface area contributed by atoms with Crippen LogP contribution in [0.2, 0.25) is 0 Å². The Balaban J connectivity index is 2.96. The second-order valence-corrected chi connectivity index (χ2v) is 4.09. The van der Waals surface area contributed by atoms with Crippen molar-refractivity contribution >= 4 is 17.5 Å². The summed E-state index contributed by atoms with van der Waals surface area (Å²) in [4.78, 5) is 11.5. The van der Waals surface area contributed by atoms with Gasteiger partial charge < -0.3 is 4.74 Å². The first-order chi connectivity index (χ1) is 7.52. The number of Topliss-reactive ketones (excluding diaryl/α,β-unsaturated/α-hetero) is 1. The molecule has 0 radical (unpaired) electrons. The van der Waals surface area contributed by atoms with E-state index in [4.69, 9.17) is 0 Å². The van der Waals surface area contributed by atoms with E-state index in [0.717, 1.165) is 0 Å². The van der Waals surface area contributed by atoms with Gasteiger partial charge in [-0.15, -0.1) is 11.8 Å². The van der Waals surface area contributed by atoms with Gasteiger partial charge in [-0.25, -0.2) is 0 Å². The monoisotopic (exact) mass is 246 g/mol. The summed E-state index contributed by atoms with van der Waals surface area (Å²) in [6.07, 6.45) is 2.01. The lowest BCUT2D eigenvalue weighted by Gasteiger charge is -2.10. The Bertz CT molecular complexity index is 380. The van der Waals surface area contributed by atoms with Crippen LogP contribution in [0.1, 0.15) is 12.5 Å². The fourth-order valence-corrected chi connectivity index (χ4v) is 1.82. The van der Waals surface area contributed by atoms with Crippen LogP contribution >= 0.6 is 11.8 Å². The van der Waals surface area contributed by atoms with Crippen LogP contribution in [0.25, 0.3) is 0 Å². The van der Waals surface area contributed by atoms with Gasteiger partial charge in [0.05, 0.1) is 0 Å². The summed E-state index contributed by atoms with van der Waals surface area (Å²) < 4.78 is 28.7. The molecule has 0 aliphatic carbocycles. The molecule has 0 spiro atoms. The maximum atomic E-state index is 12.1. The zero-order valence-corrected chi connectivity index (χ0v) is 9.81. The molecule has 1 rings (SSSR count). The molecule has 16 heavy (non-hydrogen) atoms. The number of hydrogen-bond donors (Lipinski definition) is 0. The third-order valence-electron chi connectivity index (χ3n) is 1.90. The van der Waals surface area contributed by atoms with Crippen molar-refractivity contribution < 1.29 is 18.3 Å². The zero-order valence-electron chi connectivity index (χ0n) is 9.00. The number of alkyl halides is 2. The SMILES string of the molecule is CSc1ccc(CC(C)=O)cc1OC(F)F. The molecule has 0 amide bonds. The molecule has 0 aromatic heterocycles. The first-order valence-corrected chi connectivity index (χ1v) is 5.86. The van der Waals surface area contributed by atoms with Crippen molar-refractivity contribution in [1.82, 2.24) is 0 Å². The Morgan fingerprint density at radius 2 is 2.19 bits per heavy atom. The van der Waals surface area contributed by atoms with Crippen molar-refractivity contribution in [3.63, 3.8) is 0 Å². The summed E-state index contributed by atoms with van der Waals surface area (Å²) in [6, 6.07) is 4.91. The van der Waals surface area contributed by atoms with Gasteiger partial charge in [0.25, 0.3) is 0 Å². The lowest BCUT2D eigenvalue weighted by Crippen LogP contribution is -2.04. The number of benzene rings is 1. The molecule has 0 heterocycles. The van der Waals surface area contributed by atoms with E-state index < -0.39 is 6.61 Å². The molecular formula is C11H12F2O2S.